The lowest BCUT2D eigenvalue weighted by molar-refractivity contribution is -0.326. The van der Waals surface area contributed by atoms with Crippen molar-refractivity contribution in [2.24, 2.45) is 0 Å². The number of aliphatic hydroxyl groups excluding tert-OH is 1. The van der Waals surface area contributed by atoms with Gasteiger partial charge in [-0.1, -0.05) is 60.7 Å². The van der Waals surface area contributed by atoms with E-state index in [1.165, 1.54) is 0 Å². The first-order valence-corrected chi connectivity index (χ1v) is 10.5. The van der Waals surface area contributed by atoms with Crippen LogP contribution in [0.4, 0.5) is 0 Å². The second-order valence-corrected chi connectivity index (χ2v) is 8.83. The maximum atomic E-state index is 11.2. The van der Waals surface area contributed by atoms with Gasteiger partial charge >= 0.3 is 0 Å². The number of benzene rings is 2. The summed E-state index contributed by atoms with van der Waals surface area (Å²) in [5.41, 5.74) is 2.22. The average Bonchev–Trinajstić information content (AvgIpc) is 3.25. The number of hydrogen-bond donors (Lipinski definition) is 1. The molecule has 3 heterocycles. The third-order valence-electron chi connectivity index (χ3n) is 6.01. The van der Waals surface area contributed by atoms with Gasteiger partial charge in [-0.2, -0.15) is 0 Å². The van der Waals surface area contributed by atoms with Crippen molar-refractivity contribution in [3.63, 3.8) is 0 Å². The molecule has 1 N–H and O–H groups in total. The second kappa shape index (κ2) is 7.41. The molecule has 30 heavy (non-hydrogen) atoms. The fourth-order valence-electron chi connectivity index (χ4n) is 4.66. The minimum Gasteiger partial charge on any atom is -0.385 e. The Morgan fingerprint density at radius 1 is 0.867 bits per heavy atom. The highest BCUT2D eigenvalue weighted by atomic mass is 16.9. The Labute approximate surface area is 176 Å². The highest BCUT2D eigenvalue weighted by Gasteiger charge is 2.63. The molecule has 5 rings (SSSR count). The Hall–Kier alpha value is -1.80. The van der Waals surface area contributed by atoms with Crippen molar-refractivity contribution in [3.8, 4) is 0 Å². The molecule has 0 aliphatic carbocycles. The van der Waals surface area contributed by atoms with E-state index in [0.717, 1.165) is 11.1 Å². The molecule has 6 nitrogen and oxygen atoms in total. The van der Waals surface area contributed by atoms with E-state index in [2.05, 4.69) is 24.3 Å². The first-order valence-electron chi connectivity index (χ1n) is 10.5. The number of rotatable bonds is 4. The van der Waals surface area contributed by atoms with Gasteiger partial charge in [0, 0.05) is 12.8 Å². The Kier molecular flexibility index (Phi) is 4.97. The summed E-state index contributed by atoms with van der Waals surface area (Å²) >= 11 is 0. The third kappa shape index (κ3) is 3.68. The number of fused-ring (bicyclic) bond motifs is 1. The van der Waals surface area contributed by atoms with Crippen molar-refractivity contribution in [1.82, 2.24) is 0 Å². The van der Waals surface area contributed by atoms with Crippen LogP contribution in [0.25, 0.3) is 0 Å². The molecule has 0 saturated carbocycles. The van der Waals surface area contributed by atoms with Gasteiger partial charge in [0.25, 0.3) is 0 Å². The highest BCUT2D eigenvalue weighted by Crippen LogP contribution is 2.45. The summed E-state index contributed by atoms with van der Waals surface area (Å²) in [6.45, 7) is 4.04. The van der Waals surface area contributed by atoms with Crippen LogP contribution < -0.4 is 0 Å². The lowest BCUT2D eigenvalue weighted by Gasteiger charge is -2.41. The molecule has 3 fully saturated rings. The van der Waals surface area contributed by atoms with Crippen LogP contribution in [0.2, 0.25) is 0 Å². The fraction of sp³-hybridized carbons (Fsp3) is 0.500. The van der Waals surface area contributed by atoms with Crippen LogP contribution in [0.3, 0.4) is 0 Å². The smallest absolute Gasteiger partial charge is 0.224 e. The Bertz CT molecular complexity index is 828. The van der Waals surface area contributed by atoms with E-state index in [0.29, 0.717) is 12.8 Å². The van der Waals surface area contributed by atoms with Crippen molar-refractivity contribution in [1.29, 1.82) is 0 Å². The van der Waals surface area contributed by atoms with E-state index in [1.54, 1.807) is 0 Å². The molecular formula is C24H28O6. The summed E-state index contributed by atoms with van der Waals surface area (Å²) in [4.78, 5) is 0. The van der Waals surface area contributed by atoms with Crippen LogP contribution in [-0.4, -0.2) is 54.0 Å². The molecule has 3 saturated heterocycles. The molecule has 1 spiro atoms. The molecule has 2 aromatic rings. The molecule has 3 aliphatic rings. The maximum Gasteiger partial charge on any atom is 0.224 e. The number of aliphatic hydroxyl groups is 1. The van der Waals surface area contributed by atoms with E-state index in [9.17, 15) is 5.11 Å². The largest absolute Gasteiger partial charge is 0.385 e. The topological polar surface area (TPSA) is 66.4 Å². The molecule has 0 unspecified atom stereocenters. The quantitative estimate of drug-likeness (QED) is 0.833. The van der Waals surface area contributed by atoms with Crippen molar-refractivity contribution < 1.29 is 28.8 Å². The molecule has 3 aliphatic heterocycles. The number of ether oxygens (including phenoxy) is 5. The Morgan fingerprint density at radius 3 is 2.00 bits per heavy atom. The van der Waals surface area contributed by atoms with E-state index in [-0.39, 0.29) is 19.3 Å². The van der Waals surface area contributed by atoms with Crippen LogP contribution >= 0.6 is 0 Å². The van der Waals surface area contributed by atoms with Crippen LogP contribution in [0.1, 0.15) is 25.0 Å². The summed E-state index contributed by atoms with van der Waals surface area (Å²) in [6, 6.07) is 20.3. The lowest BCUT2D eigenvalue weighted by Crippen LogP contribution is -2.61. The van der Waals surface area contributed by atoms with Crippen molar-refractivity contribution in [3.05, 3.63) is 71.8 Å². The predicted molar refractivity (Wildman–Crippen MR) is 109 cm³/mol. The molecule has 0 bridgehead atoms. The van der Waals surface area contributed by atoms with Gasteiger partial charge in [0.05, 0.1) is 6.61 Å². The van der Waals surface area contributed by atoms with Crippen molar-refractivity contribution in [2.75, 3.05) is 13.2 Å². The van der Waals surface area contributed by atoms with E-state index < -0.39 is 29.6 Å². The molecule has 6 heteroatoms. The van der Waals surface area contributed by atoms with Gasteiger partial charge in [0.2, 0.25) is 5.79 Å². The second-order valence-electron chi connectivity index (χ2n) is 8.83. The van der Waals surface area contributed by atoms with E-state index >= 15 is 0 Å². The zero-order valence-electron chi connectivity index (χ0n) is 17.3. The van der Waals surface area contributed by atoms with Gasteiger partial charge in [-0.3, -0.25) is 0 Å². The zero-order valence-corrected chi connectivity index (χ0v) is 17.3. The minimum absolute atomic E-state index is 0.151. The summed E-state index contributed by atoms with van der Waals surface area (Å²) in [5.74, 6) is -2.95. The summed E-state index contributed by atoms with van der Waals surface area (Å²) in [7, 11) is 0. The SMILES string of the molecule is CC1(C)OC[C@]2(OC[C@H]3OC(Cc4ccccc4)(Cc4ccccc4)O[C@H]3[C@@H]2O)O1. The average molecular weight is 412 g/mol. The molecule has 160 valence electrons. The van der Waals surface area contributed by atoms with Gasteiger partial charge in [0.15, 0.2) is 11.6 Å². The Balaban J connectivity index is 1.43. The first-order chi connectivity index (χ1) is 14.4. The van der Waals surface area contributed by atoms with E-state index in [4.69, 9.17) is 23.7 Å². The van der Waals surface area contributed by atoms with Crippen LogP contribution in [0.15, 0.2) is 60.7 Å². The maximum absolute atomic E-state index is 11.2. The summed E-state index contributed by atoms with van der Waals surface area (Å²) in [5, 5.41) is 11.2. The first kappa shape index (κ1) is 20.1. The molecule has 2 aromatic carbocycles. The standard InChI is InChI=1S/C24H28O6/c1-22(2)27-16-24(30-22)21(25)20-19(15-26-24)28-23(29-20,13-17-9-5-3-6-10-17)14-18-11-7-4-8-12-18/h3-12,19-21,25H,13-16H2,1-2H3/t19-,20-,21+,24+/m1/s1. The molecular weight excluding hydrogens is 384 g/mol. The monoisotopic (exact) mass is 412 g/mol. The minimum atomic E-state index is -1.23. The van der Waals surface area contributed by atoms with E-state index in [1.807, 2.05) is 50.2 Å². The summed E-state index contributed by atoms with van der Waals surface area (Å²) in [6.07, 6.45) is -0.836. The van der Waals surface area contributed by atoms with Gasteiger partial charge in [-0.25, -0.2) is 0 Å². The van der Waals surface area contributed by atoms with Gasteiger partial charge < -0.3 is 28.8 Å². The summed E-state index contributed by atoms with van der Waals surface area (Å²) < 4.78 is 30.7. The normalized spacial score (nSPS) is 34.2. The van der Waals surface area contributed by atoms with Crippen LogP contribution in [0.5, 0.6) is 0 Å². The molecule has 0 aromatic heterocycles. The molecule has 4 atom stereocenters. The van der Waals surface area contributed by atoms with Crippen LogP contribution in [-0.2, 0) is 36.5 Å². The molecule has 0 amide bonds. The number of hydrogen-bond acceptors (Lipinski definition) is 6. The fourth-order valence-corrected chi connectivity index (χ4v) is 4.66. The van der Waals surface area contributed by atoms with Gasteiger partial charge in [0.1, 0.15) is 24.9 Å². The predicted octanol–water partition coefficient (Wildman–Crippen LogP) is 2.82. The molecule has 0 radical (unpaired) electrons. The zero-order chi connectivity index (χ0) is 20.8. The van der Waals surface area contributed by atoms with Crippen molar-refractivity contribution >= 4 is 0 Å². The van der Waals surface area contributed by atoms with Crippen molar-refractivity contribution in [2.45, 2.75) is 62.4 Å². The third-order valence-corrected chi connectivity index (χ3v) is 6.01. The van der Waals surface area contributed by atoms with Gasteiger partial charge in [-0.05, 0) is 25.0 Å². The highest BCUT2D eigenvalue weighted by molar-refractivity contribution is 5.21. The van der Waals surface area contributed by atoms with Crippen LogP contribution in [0, 0.1) is 0 Å². The lowest BCUT2D eigenvalue weighted by atomic mass is 9.97. The van der Waals surface area contributed by atoms with Gasteiger partial charge in [-0.15, -0.1) is 0 Å². The Morgan fingerprint density at radius 2 is 1.47 bits per heavy atom.